The number of amides is 1. The largest absolute Gasteiger partial charge is 0.464 e. The van der Waals surface area contributed by atoms with Crippen molar-refractivity contribution in [3.8, 4) is 0 Å². The van der Waals surface area contributed by atoms with Crippen LogP contribution in [0.2, 0.25) is 0 Å². The molecule has 0 radical (unpaired) electrons. The Morgan fingerprint density at radius 2 is 2.26 bits per heavy atom. The predicted molar refractivity (Wildman–Crippen MR) is 74.6 cm³/mol. The van der Waals surface area contributed by atoms with Gasteiger partial charge in [-0.05, 0) is 30.9 Å². The van der Waals surface area contributed by atoms with Crippen LogP contribution in [0, 0.1) is 5.92 Å². The van der Waals surface area contributed by atoms with E-state index in [4.69, 9.17) is 10.2 Å². The van der Waals surface area contributed by atoms with E-state index in [1.165, 1.54) is 6.42 Å². The van der Waals surface area contributed by atoms with Crippen molar-refractivity contribution >= 4 is 5.91 Å². The number of carbonyl (C=O) groups excluding carboxylic acids is 1. The highest BCUT2D eigenvalue weighted by molar-refractivity contribution is 5.81. The van der Waals surface area contributed by atoms with E-state index >= 15 is 0 Å². The Morgan fingerprint density at radius 3 is 2.84 bits per heavy atom. The monoisotopic (exact) mass is 264 g/mol. The van der Waals surface area contributed by atoms with Gasteiger partial charge < -0.3 is 15.1 Å². The van der Waals surface area contributed by atoms with Crippen molar-refractivity contribution in [3.05, 3.63) is 23.7 Å². The first-order valence-electron chi connectivity index (χ1n) is 7.12. The Hall–Kier alpha value is -1.29. The highest BCUT2D eigenvalue weighted by Gasteiger charge is 2.36. The summed E-state index contributed by atoms with van der Waals surface area (Å²) in [5.74, 6) is 3.20. The molecule has 4 nitrogen and oxygen atoms in total. The summed E-state index contributed by atoms with van der Waals surface area (Å²) in [6.07, 6.45) is 2.86. The number of likely N-dealkylation sites (N-methyl/N-ethyl adjacent to an activating group) is 1. The minimum Gasteiger partial charge on any atom is -0.464 e. The number of nitrogens with zero attached hydrogens (tertiary/aromatic N) is 1. The molecule has 1 aromatic heterocycles. The lowest BCUT2D eigenvalue weighted by molar-refractivity contribution is -0.132. The molecule has 1 aromatic rings. The zero-order valence-corrected chi connectivity index (χ0v) is 12.1. The van der Waals surface area contributed by atoms with Crippen LogP contribution >= 0.6 is 0 Å². The Morgan fingerprint density at radius 1 is 1.58 bits per heavy atom. The Balaban J connectivity index is 1.89. The highest BCUT2D eigenvalue weighted by Crippen LogP contribution is 2.47. The van der Waals surface area contributed by atoms with Crippen molar-refractivity contribution in [2.24, 2.45) is 11.7 Å². The number of hydrogen-bond acceptors (Lipinski definition) is 3. The van der Waals surface area contributed by atoms with Gasteiger partial charge in [-0.1, -0.05) is 20.3 Å². The standard InChI is InChI=1S/C15H24N2O2/c1-4-5-13(16)15(18)17(3)9-11-6-7-14(19-11)12-8-10(12)2/h6-7,10,12-13H,4-5,8-9,16H2,1-3H3/t10?,12?,13-/m0/s1. The summed E-state index contributed by atoms with van der Waals surface area (Å²) < 4.78 is 5.80. The smallest absolute Gasteiger partial charge is 0.239 e. The Bertz CT molecular complexity index is 441. The molecule has 106 valence electrons. The van der Waals surface area contributed by atoms with E-state index in [-0.39, 0.29) is 5.91 Å². The molecule has 2 N–H and O–H groups in total. The summed E-state index contributed by atoms with van der Waals surface area (Å²) >= 11 is 0. The van der Waals surface area contributed by atoms with Gasteiger partial charge in [-0.25, -0.2) is 0 Å². The van der Waals surface area contributed by atoms with Gasteiger partial charge in [-0.15, -0.1) is 0 Å². The van der Waals surface area contributed by atoms with E-state index in [1.807, 2.05) is 19.1 Å². The number of furan rings is 1. The minimum atomic E-state index is -0.395. The summed E-state index contributed by atoms with van der Waals surface area (Å²) in [5.41, 5.74) is 5.84. The van der Waals surface area contributed by atoms with E-state index in [0.29, 0.717) is 12.5 Å². The third-order valence-electron chi connectivity index (χ3n) is 3.84. The average molecular weight is 264 g/mol. The number of rotatable bonds is 6. The fourth-order valence-corrected chi connectivity index (χ4v) is 2.43. The van der Waals surface area contributed by atoms with Crippen LogP contribution in [0.4, 0.5) is 0 Å². The number of nitrogens with two attached hydrogens (primary N) is 1. The van der Waals surface area contributed by atoms with E-state index in [0.717, 1.165) is 30.3 Å². The quantitative estimate of drug-likeness (QED) is 0.858. The lowest BCUT2D eigenvalue weighted by Crippen LogP contribution is -2.41. The molecule has 0 aromatic carbocycles. The van der Waals surface area contributed by atoms with Crippen molar-refractivity contribution in [1.29, 1.82) is 0 Å². The molecule has 1 amide bonds. The van der Waals surface area contributed by atoms with Crippen molar-refractivity contribution in [1.82, 2.24) is 4.90 Å². The predicted octanol–water partition coefficient (Wildman–Crippen LogP) is 2.49. The second-order valence-corrected chi connectivity index (χ2v) is 5.71. The first-order chi connectivity index (χ1) is 9.02. The average Bonchev–Trinajstić information content (AvgIpc) is 2.92. The first kappa shape index (κ1) is 14.1. The van der Waals surface area contributed by atoms with Gasteiger partial charge in [0.05, 0.1) is 12.6 Å². The summed E-state index contributed by atoms with van der Waals surface area (Å²) in [6, 6.07) is 3.61. The lowest BCUT2D eigenvalue weighted by Gasteiger charge is -2.19. The molecule has 19 heavy (non-hydrogen) atoms. The molecule has 2 unspecified atom stereocenters. The minimum absolute atomic E-state index is 0.0143. The second kappa shape index (κ2) is 5.78. The summed E-state index contributed by atoms with van der Waals surface area (Å²) in [4.78, 5) is 13.7. The molecule has 3 atom stereocenters. The molecule has 1 heterocycles. The summed E-state index contributed by atoms with van der Waals surface area (Å²) in [6.45, 7) is 4.76. The van der Waals surface area contributed by atoms with Crippen LogP contribution in [0.5, 0.6) is 0 Å². The summed E-state index contributed by atoms with van der Waals surface area (Å²) in [5, 5.41) is 0. The lowest BCUT2D eigenvalue weighted by atomic mass is 10.1. The van der Waals surface area contributed by atoms with Crippen LogP contribution in [-0.2, 0) is 11.3 Å². The molecule has 0 bridgehead atoms. The van der Waals surface area contributed by atoms with Gasteiger partial charge in [0.2, 0.25) is 5.91 Å². The Labute approximate surface area is 114 Å². The molecule has 0 saturated heterocycles. The third-order valence-corrected chi connectivity index (χ3v) is 3.84. The topological polar surface area (TPSA) is 59.5 Å². The van der Waals surface area contributed by atoms with Crippen molar-refractivity contribution < 1.29 is 9.21 Å². The second-order valence-electron chi connectivity index (χ2n) is 5.71. The van der Waals surface area contributed by atoms with Gasteiger partial charge in [0.15, 0.2) is 0 Å². The molecular weight excluding hydrogens is 240 g/mol. The molecule has 0 spiro atoms. The van der Waals surface area contributed by atoms with Crippen molar-refractivity contribution in [3.63, 3.8) is 0 Å². The molecular formula is C15H24N2O2. The van der Waals surface area contributed by atoms with Gasteiger partial charge in [-0.3, -0.25) is 4.79 Å². The fourth-order valence-electron chi connectivity index (χ4n) is 2.43. The maximum absolute atomic E-state index is 12.0. The number of hydrogen-bond donors (Lipinski definition) is 1. The van der Waals surface area contributed by atoms with E-state index in [1.54, 1.807) is 11.9 Å². The Kier molecular flexibility index (Phi) is 4.30. The van der Waals surface area contributed by atoms with Gasteiger partial charge in [-0.2, -0.15) is 0 Å². The van der Waals surface area contributed by atoms with Crippen molar-refractivity contribution in [2.75, 3.05) is 7.05 Å². The van der Waals surface area contributed by atoms with Crippen LogP contribution < -0.4 is 5.73 Å². The maximum atomic E-state index is 12.0. The van der Waals surface area contributed by atoms with E-state index < -0.39 is 6.04 Å². The zero-order valence-electron chi connectivity index (χ0n) is 12.1. The van der Waals surface area contributed by atoms with Gasteiger partial charge >= 0.3 is 0 Å². The van der Waals surface area contributed by atoms with Gasteiger partial charge in [0.25, 0.3) is 0 Å². The van der Waals surface area contributed by atoms with E-state index in [2.05, 4.69) is 6.92 Å². The van der Waals surface area contributed by atoms with Gasteiger partial charge in [0, 0.05) is 13.0 Å². The molecule has 1 fully saturated rings. The van der Waals surface area contributed by atoms with Crippen LogP contribution in [0.3, 0.4) is 0 Å². The maximum Gasteiger partial charge on any atom is 0.239 e. The van der Waals surface area contributed by atoms with Gasteiger partial charge in [0.1, 0.15) is 11.5 Å². The first-order valence-corrected chi connectivity index (χ1v) is 7.12. The van der Waals surface area contributed by atoms with Crippen LogP contribution in [0.1, 0.15) is 50.5 Å². The zero-order chi connectivity index (χ0) is 14.0. The normalized spacial score (nSPS) is 23.2. The molecule has 0 aliphatic heterocycles. The molecule has 2 rings (SSSR count). The van der Waals surface area contributed by atoms with Crippen LogP contribution in [0.15, 0.2) is 16.5 Å². The highest BCUT2D eigenvalue weighted by atomic mass is 16.3. The SMILES string of the molecule is CCC[C@H](N)C(=O)N(C)Cc1ccc(C2CC2C)o1. The number of carbonyl (C=O) groups is 1. The van der Waals surface area contributed by atoms with Crippen LogP contribution in [-0.4, -0.2) is 23.9 Å². The molecule has 1 aliphatic rings. The van der Waals surface area contributed by atoms with Crippen LogP contribution in [0.25, 0.3) is 0 Å². The van der Waals surface area contributed by atoms with E-state index in [9.17, 15) is 4.79 Å². The third kappa shape index (κ3) is 3.38. The van der Waals surface area contributed by atoms with Crippen molar-refractivity contribution in [2.45, 2.75) is 51.6 Å². The fraction of sp³-hybridized carbons (Fsp3) is 0.667. The molecule has 1 aliphatic carbocycles. The molecule has 4 heteroatoms. The summed E-state index contributed by atoms with van der Waals surface area (Å²) in [7, 11) is 1.78. The molecule has 1 saturated carbocycles.